The van der Waals surface area contributed by atoms with Crippen molar-refractivity contribution in [2.75, 3.05) is 13.1 Å². The maximum Gasteiger partial charge on any atom is 0.184 e. The molecule has 4 nitrogen and oxygen atoms in total. The summed E-state index contributed by atoms with van der Waals surface area (Å²) in [5.74, 6) is 0.168. The van der Waals surface area contributed by atoms with Crippen LogP contribution in [0.25, 0.3) is 0 Å². The molecule has 2 rings (SSSR count). The number of Topliss-reactive ketones (excluding diaryl/α,β-unsaturated/α-hetero) is 1. The van der Waals surface area contributed by atoms with E-state index in [1.165, 1.54) is 6.42 Å². The van der Waals surface area contributed by atoms with Gasteiger partial charge in [-0.3, -0.25) is 4.79 Å². The Morgan fingerprint density at radius 2 is 1.96 bits per heavy atom. The average molecular weight is 352 g/mol. The largest absolute Gasteiger partial charge is 0.308 e. The maximum atomic E-state index is 12.8. The first-order valence-electron chi connectivity index (χ1n) is 8.60. The summed E-state index contributed by atoms with van der Waals surface area (Å²) >= 11 is 0. The molecule has 1 aliphatic rings. The Morgan fingerprint density at radius 1 is 1.29 bits per heavy atom. The van der Waals surface area contributed by atoms with E-state index in [1.54, 1.807) is 32.0 Å². The fraction of sp³-hybridized carbons (Fsp3) is 0.632. The predicted molar refractivity (Wildman–Crippen MR) is 96.9 cm³/mol. The lowest BCUT2D eigenvalue weighted by Gasteiger charge is -2.37. The molecule has 0 unspecified atom stereocenters. The molecule has 0 amide bonds. The summed E-state index contributed by atoms with van der Waals surface area (Å²) in [6.07, 6.45) is 4.03. The fourth-order valence-corrected chi connectivity index (χ4v) is 4.72. The Balaban J connectivity index is 1.94. The van der Waals surface area contributed by atoms with Gasteiger partial charge in [0.05, 0.1) is 16.2 Å². The Labute approximate surface area is 146 Å². The van der Waals surface area contributed by atoms with E-state index in [-0.39, 0.29) is 24.3 Å². The molecule has 1 aromatic carbocycles. The molecule has 134 valence electrons. The summed E-state index contributed by atoms with van der Waals surface area (Å²) < 4.78 is 24.7. The molecule has 0 atom stereocenters. The van der Waals surface area contributed by atoms with Crippen LogP contribution < -0.4 is 5.32 Å². The zero-order chi connectivity index (χ0) is 18.0. The molecule has 1 fully saturated rings. The number of benzene rings is 1. The molecule has 0 saturated heterocycles. The Hall–Kier alpha value is -1.20. The number of aryl methyl sites for hydroxylation is 1. The van der Waals surface area contributed by atoms with Crippen molar-refractivity contribution in [3.05, 3.63) is 29.8 Å². The second-order valence-electron chi connectivity index (χ2n) is 8.06. The van der Waals surface area contributed by atoms with Gasteiger partial charge in [0.15, 0.2) is 9.84 Å². The van der Waals surface area contributed by atoms with Crippen molar-refractivity contribution in [3.63, 3.8) is 0 Å². The molecular weight excluding hydrogens is 322 g/mol. The van der Waals surface area contributed by atoms with Gasteiger partial charge in [0, 0.05) is 13.0 Å². The summed E-state index contributed by atoms with van der Waals surface area (Å²) in [7, 11) is -3.46. The van der Waals surface area contributed by atoms with Crippen LogP contribution >= 0.6 is 0 Å². The van der Waals surface area contributed by atoms with Crippen LogP contribution in [0.5, 0.6) is 0 Å². The molecule has 0 radical (unpaired) electrons. The number of hydrogen-bond acceptors (Lipinski definition) is 4. The van der Waals surface area contributed by atoms with Crippen LogP contribution in [0.1, 0.15) is 52.0 Å². The van der Waals surface area contributed by atoms with Crippen molar-refractivity contribution >= 4 is 15.6 Å². The zero-order valence-electron chi connectivity index (χ0n) is 15.2. The second kappa shape index (κ2) is 6.96. The van der Waals surface area contributed by atoms with Crippen LogP contribution in [0, 0.1) is 12.3 Å². The van der Waals surface area contributed by atoms with Crippen molar-refractivity contribution in [1.29, 1.82) is 0 Å². The molecular formula is C19H29NO3S. The Kier molecular flexibility index (Phi) is 5.55. The minimum atomic E-state index is -3.46. The Morgan fingerprint density at radius 3 is 2.50 bits per heavy atom. The molecule has 0 aliphatic heterocycles. The number of carbonyl (C=O) groups is 1. The highest BCUT2D eigenvalue weighted by molar-refractivity contribution is 7.92. The first-order valence-corrected chi connectivity index (χ1v) is 10.1. The van der Waals surface area contributed by atoms with Crippen molar-refractivity contribution in [2.24, 2.45) is 5.41 Å². The van der Waals surface area contributed by atoms with Gasteiger partial charge < -0.3 is 5.32 Å². The second-order valence-corrected chi connectivity index (χ2v) is 10.6. The lowest BCUT2D eigenvalue weighted by molar-refractivity contribution is -0.121. The van der Waals surface area contributed by atoms with Crippen LogP contribution in [0.15, 0.2) is 29.2 Å². The van der Waals surface area contributed by atoms with Gasteiger partial charge in [-0.15, -0.1) is 0 Å². The van der Waals surface area contributed by atoms with Crippen molar-refractivity contribution in [1.82, 2.24) is 5.32 Å². The standard InChI is InChI=1S/C19H29NO3S/c1-15-7-5-8-17(11-15)24(22,23)18(2,3)14-20-13-16(21)12-19(4)9-6-10-19/h5,7-8,11,20H,6,9-10,12-14H2,1-4H3. The highest BCUT2D eigenvalue weighted by Gasteiger charge is 2.36. The van der Waals surface area contributed by atoms with Crippen LogP contribution in [-0.2, 0) is 14.6 Å². The van der Waals surface area contributed by atoms with Gasteiger partial charge in [0.1, 0.15) is 5.78 Å². The van der Waals surface area contributed by atoms with Gasteiger partial charge in [-0.1, -0.05) is 25.5 Å². The normalized spacial score (nSPS) is 17.3. The molecule has 5 heteroatoms. The average Bonchev–Trinajstić information content (AvgIpc) is 2.45. The van der Waals surface area contributed by atoms with E-state index in [2.05, 4.69) is 12.2 Å². The van der Waals surface area contributed by atoms with Crippen molar-refractivity contribution < 1.29 is 13.2 Å². The SMILES string of the molecule is Cc1cccc(S(=O)(=O)C(C)(C)CNCC(=O)CC2(C)CCC2)c1. The van der Waals surface area contributed by atoms with Crippen molar-refractivity contribution in [2.45, 2.75) is 63.0 Å². The third-order valence-corrected chi connectivity index (χ3v) is 7.56. The summed E-state index contributed by atoms with van der Waals surface area (Å²) in [5, 5.41) is 3.06. The van der Waals surface area contributed by atoms with Crippen LogP contribution in [0.2, 0.25) is 0 Å². The first-order chi connectivity index (χ1) is 11.1. The van der Waals surface area contributed by atoms with Crippen LogP contribution in [0.3, 0.4) is 0 Å². The highest BCUT2D eigenvalue weighted by atomic mass is 32.2. The number of carbonyl (C=O) groups excluding carboxylic acids is 1. The molecule has 1 aliphatic carbocycles. The topological polar surface area (TPSA) is 63.2 Å². The van der Waals surface area contributed by atoms with Gasteiger partial charge in [0.2, 0.25) is 0 Å². The van der Waals surface area contributed by atoms with Gasteiger partial charge in [-0.05, 0) is 56.7 Å². The third kappa shape index (κ3) is 4.25. The predicted octanol–water partition coefficient (Wildman–Crippen LogP) is 3.29. The van der Waals surface area contributed by atoms with E-state index in [1.807, 2.05) is 13.0 Å². The van der Waals surface area contributed by atoms with Crippen LogP contribution in [0.4, 0.5) is 0 Å². The summed E-state index contributed by atoms with van der Waals surface area (Å²) in [6.45, 7) is 7.93. The van der Waals surface area contributed by atoms with Gasteiger partial charge in [0.25, 0.3) is 0 Å². The molecule has 0 spiro atoms. The molecule has 0 aromatic heterocycles. The number of ketones is 1. The molecule has 24 heavy (non-hydrogen) atoms. The van der Waals surface area contributed by atoms with Gasteiger partial charge >= 0.3 is 0 Å². The summed E-state index contributed by atoms with van der Waals surface area (Å²) in [6, 6.07) is 6.96. The van der Waals surface area contributed by atoms with E-state index >= 15 is 0 Å². The fourth-order valence-electron chi connectivity index (χ4n) is 3.20. The third-order valence-electron chi connectivity index (χ3n) is 5.08. The number of hydrogen-bond donors (Lipinski definition) is 1. The number of sulfone groups is 1. The quantitative estimate of drug-likeness (QED) is 0.781. The van der Waals surface area contributed by atoms with Gasteiger partial charge in [-0.2, -0.15) is 0 Å². The van der Waals surface area contributed by atoms with E-state index in [4.69, 9.17) is 0 Å². The lowest BCUT2D eigenvalue weighted by Crippen LogP contribution is -2.44. The van der Waals surface area contributed by atoms with Gasteiger partial charge in [-0.25, -0.2) is 8.42 Å². The van der Waals surface area contributed by atoms with E-state index in [0.717, 1.165) is 18.4 Å². The molecule has 1 N–H and O–H groups in total. The minimum Gasteiger partial charge on any atom is -0.308 e. The first kappa shape index (κ1) is 19.1. The molecule has 0 bridgehead atoms. The minimum absolute atomic E-state index is 0.168. The highest BCUT2D eigenvalue weighted by Crippen LogP contribution is 2.43. The Bertz CT molecular complexity index is 703. The number of nitrogens with one attached hydrogen (secondary N) is 1. The van der Waals surface area contributed by atoms with E-state index in [0.29, 0.717) is 11.3 Å². The van der Waals surface area contributed by atoms with E-state index in [9.17, 15) is 13.2 Å². The number of rotatable bonds is 8. The van der Waals surface area contributed by atoms with E-state index < -0.39 is 14.6 Å². The summed E-state index contributed by atoms with van der Waals surface area (Å²) in [5.41, 5.74) is 1.09. The smallest absolute Gasteiger partial charge is 0.184 e. The lowest BCUT2D eigenvalue weighted by atomic mass is 9.67. The molecule has 1 aromatic rings. The van der Waals surface area contributed by atoms with Crippen molar-refractivity contribution in [3.8, 4) is 0 Å². The monoisotopic (exact) mass is 351 g/mol. The summed E-state index contributed by atoms with van der Waals surface area (Å²) in [4.78, 5) is 12.4. The maximum absolute atomic E-state index is 12.8. The zero-order valence-corrected chi connectivity index (χ0v) is 16.0. The molecule has 0 heterocycles. The molecule has 1 saturated carbocycles. The van der Waals surface area contributed by atoms with Crippen LogP contribution in [-0.4, -0.2) is 32.0 Å².